The molecule has 7 heteroatoms. The van der Waals surface area contributed by atoms with E-state index in [9.17, 15) is 4.79 Å². The largest absolute Gasteiger partial charge is 0.459 e. The van der Waals surface area contributed by atoms with Crippen LogP contribution in [-0.4, -0.2) is 41.7 Å². The van der Waals surface area contributed by atoms with Crippen molar-refractivity contribution in [2.24, 2.45) is 0 Å². The fourth-order valence-corrected chi connectivity index (χ4v) is 1.59. The summed E-state index contributed by atoms with van der Waals surface area (Å²) in [7, 11) is 0. The molecule has 1 aromatic rings. The van der Waals surface area contributed by atoms with Gasteiger partial charge < -0.3 is 13.9 Å². The van der Waals surface area contributed by atoms with Gasteiger partial charge in [-0.25, -0.2) is 4.79 Å². The predicted molar refractivity (Wildman–Crippen MR) is 62.1 cm³/mol. The third-order valence-corrected chi connectivity index (χ3v) is 2.44. The molecule has 0 aromatic carbocycles. The SMILES string of the molecule is CCCOCCSc1nnc(C(=O)OCC)o1. The number of rotatable bonds is 8. The van der Waals surface area contributed by atoms with E-state index in [1.807, 2.05) is 0 Å². The van der Waals surface area contributed by atoms with Gasteiger partial charge in [-0.3, -0.25) is 0 Å². The molecule has 0 saturated heterocycles. The van der Waals surface area contributed by atoms with Gasteiger partial charge in [0.05, 0.1) is 13.2 Å². The summed E-state index contributed by atoms with van der Waals surface area (Å²) in [6, 6.07) is 0. The lowest BCUT2D eigenvalue weighted by Crippen LogP contribution is -2.04. The first-order chi connectivity index (χ1) is 8.27. The van der Waals surface area contributed by atoms with Crippen molar-refractivity contribution in [1.29, 1.82) is 0 Å². The maximum absolute atomic E-state index is 11.2. The lowest BCUT2D eigenvalue weighted by molar-refractivity contribution is 0.0475. The number of carbonyl (C=O) groups is 1. The molecule has 96 valence electrons. The molecule has 0 aliphatic rings. The molecule has 1 heterocycles. The number of nitrogens with zero attached hydrogens (tertiary/aromatic N) is 2. The Hall–Kier alpha value is -1.08. The highest BCUT2D eigenvalue weighted by atomic mass is 32.2. The zero-order valence-electron chi connectivity index (χ0n) is 9.97. The first kappa shape index (κ1) is 14.0. The van der Waals surface area contributed by atoms with Crippen LogP contribution in [0.25, 0.3) is 0 Å². The molecule has 0 radical (unpaired) electrons. The van der Waals surface area contributed by atoms with Crippen molar-refractivity contribution in [1.82, 2.24) is 10.2 Å². The molecular weight excluding hydrogens is 244 g/mol. The zero-order chi connectivity index (χ0) is 12.5. The second-order valence-corrected chi connectivity index (χ2v) is 4.10. The van der Waals surface area contributed by atoms with E-state index in [-0.39, 0.29) is 12.5 Å². The van der Waals surface area contributed by atoms with Gasteiger partial charge in [0.2, 0.25) is 0 Å². The number of ether oxygens (including phenoxy) is 2. The van der Waals surface area contributed by atoms with Crippen LogP contribution in [0.2, 0.25) is 0 Å². The van der Waals surface area contributed by atoms with Gasteiger partial charge in [-0.2, -0.15) is 0 Å². The normalized spacial score (nSPS) is 10.5. The van der Waals surface area contributed by atoms with Gasteiger partial charge in [0.1, 0.15) is 0 Å². The highest BCUT2D eigenvalue weighted by molar-refractivity contribution is 7.99. The van der Waals surface area contributed by atoms with Crippen molar-refractivity contribution in [2.45, 2.75) is 25.5 Å². The highest BCUT2D eigenvalue weighted by Crippen LogP contribution is 2.16. The first-order valence-electron chi connectivity index (χ1n) is 5.49. The number of hydrogen-bond donors (Lipinski definition) is 0. The van der Waals surface area contributed by atoms with E-state index in [2.05, 4.69) is 17.1 Å². The van der Waals surface area contributed by atoms with Gasteiger partial charge in [-0.1, -0.05) is 23.8 Å². The summed E-state index contributed by atoms with van der Waals surface area (Å²) in [5.41, 5.74) is 0. The molecule has 0 aliphatic carbocycles. The van der Waals surface area contributed by atoms with E-state index in [1.165, 1.54) is 11.8 Å². The minimum atomic E-state index is -0.589. The van der Waals surface area contributed by atoms with Crippen LogP contribution in [0.3, 0.4) is 0 Å². The predicted octanol–water partition coefficient (Wildman–Crippen LogP) is 1.77. The van der Waals surface area contributed by atoms with E-state index in [4.69, 9.17) is 13.9 Å². The fourth-order valence-electron chi connectivity index (χ4n) is 0.978. The quantitative estimate of drug-likeness (QED) is 0.400. The van der Waals surface area contributed by atoms with Crippen LogP contribution < -0.4 is 0 Å². The molecule has 0 atom stereocenters. The molecule has 0 amide bonds. The number of aromatic nitrogens is 2. The van der Waals surface area contributed by atoms with E-state index in [0.717, 1.165) is 13.0 Å². The van der Waals surface area contributed by atoms with Crippen molar-refractivity contribution in [3.8, 4) is 0 Å². The molecule has 0 bridgehead atoms. The van der Waals surface area contributed by atoms with Gasteiger partial charge in [0.15, 0.2) is 0 Å². The van der Waals surface area contributed by atoms with Crippen molar-refractivity contribution in [3.05, 3.63) is 5.89 Å². The monoisotopic (exact) mass is 260 g/mol. The fraction of sp³-hybridized carbons (Fsp3) is 0.700. The Labute approximate surface area is 104 Å². The average Bonchev–Trinajstić information content (AvgIpc) is 2.78. The van der Waals surface area contributed by atoms with Gasteiger partial charge >= 0.3 is 11.9 Å². The Morgan fingerprint density at radius 3 is 2.88 bits per heavy atom. The molecule has 17 heavy (non-hydrogen) atoms. The van der Waals surface area contributed by atoms with E-state index in [1.54, 1.807) is 6.92 Å². The summed E-state index contributed by atoms with van der Waals surface area (Å²) in [5, 5.41) is 7.68. The van der Waals surface area contributed by atoms with Crippen LogP contribution in [0.5, 0.6) is 0 Å². The molecule has 0 saturated carbocycles. The number of hydrogen-bond acceptors (Lipinski definition) is 7. The molecule has 1 rings (SSSR count). The molecule has 0 fully saturated rings. The van der Waals surface area contributed by atoms with Gasteiger partial charge in [-0.15, -0.1) is 5.10 Å². The molecule has 0 N–H and O–H groups in total. The summed E-state index contributed by atoms with van der Waals surface area (Å²) < 4.78 is 15.1. The maximum atomic E-state index is 11.2. The summed E-state index contributed by atoms with van der Waals surface area (Å²) in [6.07, 6.45) is 0.998. The standard InChI is InChI=1S/C10H16N2O4S/c1-3-5-14-6-7-17-10-12-11-8(16-10)9(13)15-4-2/h3-7H2,1-2H3. The van der Waals surface area contributed by atoms with Crippen molar-refractivity contribution in [2.75, 3.05) is 25.6 Å². The van der Waals surface area contributed by atoms with Crippen molar-refractivity contribution < 1.29 is 18.7 Å². The summed E-state index contributed by atoms with van der Waals surface area (Å²) in [5.74, 6) is 0.0164. The minimum absolute atomic E-state index is 0.108. The van der Waals surface area contributed by atoms with E-state index >= 15 is 0 Å². The third-order valence-electron chi connectivity index (χ3n) is 1.66. The summed E-state index contributed by atoms with van der Waals surface area (Å²) in [4.78, 5) is 11.2. The average molecular weight is 260 g/mol. The smallest absolute Gasteiger partial charge is 0.396 e. The van der Waals surface area contributed by atoms with E-state index < -0.39 is 5.97 Å². The van der Waals surface area contributed by atoms with Crippen LogP contribution in [-0.2, 0) is 9.47 Å². The second-order valence-electron chi connectivity index (χ2n) is 3.05. The third kappa shape index (κ3) is 5.18. The van der Waals surface area contributed by atoms with Gasteiger partial charge in [0.25, 0.3) is 5.22 Å². The molecule has 0 aliphatic heterocycles. The summed E-state index contributed by atoms with van der Waals surface area (Å²) in [6.45, 7) is 5.43. The van der Waals surface area contributed by atoms with Crippen LogP contribution in [0.4, 0.5) is 0 Å². The molecule has 0 spiro atoms. The Kier molecular flexibility index (Phi) is 6.64. The molecule has 1 aromatic heterocycles. The van der Waals surface area contributed by atoms with Gasteiger partial charge in [0, 0.05) is 12.4 Å². The van der Waals surface area contributed by atoms with Crippen molar-refractivity contribution >= 4 is 17.7 Å². The Balaban J connectivity index is 2.28. The lowest BCUT2D eigenvalue weighted by Gasteiger charge is -1.99. The molecular formula is C10H16N2O4S. The van der Waals surface area contributed by atoms with Crippen LogP contribution in [0.1, 0.15) is 31.0 Å². The zero-order valence-corrected chi connectivity index (χ0v) is 10.8. The Morgan fingerprint density at radius 2 is 2.18 bits per heavy atom. The Bertz CT molecular complexity index is 343. The highest BCUT2D eigenvalue weighted by Gasteiger charge is 2.15. The topological polar surface area (TPSA) is 74.5 Å². The van der Waals surface area contributed by atoms with Gasteiger partial charge in [-0.05, 0) is 13.3 Å². The Morgan fingerprint density at radius 1 is 1.35 bits per heavy atom. The lowest BCUT2D eigenvalue weighted by atomic mass is 10.5. The molecule has 6 nitrogen and oxygen atoms in total. The van der Waals surface area contributed by atoms with Crippen molar-refractivity contribution in [3.63, 3.8) is 0 Å². The molecule has 0 unspecified atom stereocenters. The van der Waals surface area contributed by atoms with Crippen LogP contribution >= 0.6 is 11.8 Å². The maximum Gasteiger partial charge on any atom is 0.396 e. The first-order valence-corrected chi connectivity index (χ1v) is 6.47. The number of esters is 1. The number of carbonyl (C=O) groups excluding carboxylic acids is 1. The second kappa shape index (κ2) is 8.08. The minimum Gasteiger partial charge on any atom is -0.459 e. The van der Waals surface area contributed by atoms with Crippen LogP contribution in [0.15, 0.2) is 9.64 Å². The van der Waals surface area contributed by atoms with Crippen LogP contribution in [0, 0.1) is 0 Å². The van der Waals surface area contributed by atoms with E-state index in [0.29, 0.717) is 17.6 Å². The summed E-state index contributed by atoms with van der Waals surface area (Å²) >= 11 is 1.35. The number of thioether (sulfide) groups is 1.